The van der Waals surface area contributed by atoms with Crippen LogP contribution in [0.3, 0.4) is 0 Å². The standard InChI is InChI=1S/C11H7ClOS/c12-10-6-8(3-4-9(10)7-13)11-2-1-5-14-11/h1-7H. The molecule has 14 heavy (non-hydrogen) atoms. The Morgan fingerprint density at radius 3 is 2.71 bits per heavy atom. The number of aldehydes is 1. The average Bonchev–Trinajstić information content (AvgIpc) is 2.70. The minimum atomic E-state index is 0.505. The van der Waals surface area contributed by atoms with Gasteiger partial charge in [0, 0.05) is 10.4 Å². The first-order chi connectivity index (χ1) is 6.81. The SMILES string of the molecule is O=Cc1ccc(-c2cccs2)cc1Cl. The second kappa shape index (κ2) is 3.95. The molecule has 1 heterocycles. The van der Waals surface area contributed by atoms with E-state index in [2.05, 4.69) is 0 Å². The minimum absolute atomic E-state index is 0.505. The Labute approximate surface area is 91.0 Å². The molecule has 0 aliphatic carbocycles. The van der Waals surface area contributed by atoms with Gasteiger partial charge in [-0.1, -0.05) is 23.7 Å². The van der Waals surface area contributed by atoms with Crippen molar-refractivity contribution in [1.82, 2.24) is 0 Å². The molecule has 0 saturated heterocycles. The van der Waals surface area contributed by atoms with Crippen LogP contribution in [0, 0.1) is 0 Å². The highest BCUT2D eigenvalue weighted by atomic mass is 35.5. The largest absolute Gasteiger partial charge is 0.298 e. The van der Waals surface area contributed by atoms with Crippen molar-refractivity contribution >= 4 is 29.2 Å². The van der Waals surface area contributed by atoms with Gasteiger partial charge in [-0.2, -0.15) is 0 Å². The quantitative estimate of drug-likeness (QED) is 0.705. The van der Waals surface area contributed by atoms with Gasteiger partial charge in [0.05, 0.1) is 5.02 Å². The van der Waals surface area contributed by atoms with Crippen molar-refractivity contribution in [3.8, 4) is 10.4 Å². The van der Waals surface area contributed by atoms with Crippen molar-refractivity contribution in [2.75, 3.05) is 0 Å². The number of hydrogen-bond donors (Lipinski definition) is 0. The van der Waals surface area contributed by atoms with Crippen LogP contribution in [0.2, 0.25) is 5.02 Å². The highest BCUT2D eigenvalue weighted by Crippen LogP contribution is 2.28. The van der Waals surface area contributed by atoms with Crippen molar-refractivity contribution in [1.29, 1.82) is 0 Å². The predicted molar refractivity (Wildman–Crippen MR) is 60.2 cm³/mol. The Morgan fingerprint density at radius 1 is 1.29 bits per heavy atom. The summed E-state index contributed by atoms with van der Waals surface area (Å²) in [7, 11) is 0. The molecule has 0 unspecified atom stereocenters. The third-order valence-corrected chi connectivity index (χ3v) is 3.18. The second-order valence-corrected chi connectivity index (χ2v) is 4.19. The van der Waals surface area contributed by atoms with Gasteiger partial charge in [-0.15, -0.1) is 11.3 Å². The van der Waals surface area contributed by atoms with Gasteiger partial charge >= 0.3 is 0 Å². The van der Waals surface area contributed by atoms with Crippen LogP contribution in [0.1, 0.15) is 10.4 Å². The molecule has 0 saturated carbocycles. The Morgan fingerprint density at radius 2 is 2.14 bits per heavy atom. The van der Waals surface area contributed by atoms with E-state index in [0.29, 0.717) is 10.6 Å². The fourth-order valence-electron chi connectivity index (χ4n) is 1.22. The number of thiophene rings is 1. The van der Waals surface area contributed by atoms with Crippen LogP contribution in [0.4, 0.5) is 0 Å². The molecule has 0 radical (unpaired) electrons. The Hall–Kier alpha value is -1.12. The molecule has 0 fully saturated rings. The van der Waals surface area contributed by atoms with Crippen molar-refractivity contribution in [3.63, 3.8) is 0 Å². The zero-order chi connectivity index (χ0) is 9.97. The third kappa shape index (κ3) is 1.72. The zero-order valence-electron chi connectivity index (χ0n) is 7.24. The Balaban J connectivity index is 2.48. The molecule has 0 spiro atoms. The molecule has 0 aliphatic rings. The topological polar surface area (TPSA) is 17.1 Å². The fraction of sp³-hybridized carbons (Fsp3) is 0. The number of rotatable bonds is 2. The van der Waals surface area contributed by atoms with Crippen molar-refractivity contribution in [2.24, 2.45) is 0 Å². The molecule has 3 heteroatoms. The van der Waals surface area contributed by atoms with Gasteiger partial charge < -0.3 is 0 Å². The molecule has 0 aliphatic heterocycles. The van der Waals surface area contributed by atoms with Gasteiger partial charge in [-0.3, -0.25) is 4.79 Å². The van der Waals surface area contributed by atoms with Gasteiger partial charge in [-0.05, 0) is 29.1 Å². The van der Waals surface area contributed by atoms with E-state index < -0.39 is 0 Å². The van der Waals surface area contributed by atoms with Crippen molar-refractivity contribution in [3.05, 3.63) is 46.3 Å². The summed E-state index contributed by atoms with van der Waals surface area (Å²) in [5, 5.41) is 2.52. The summed E-state index contributed by atoms with van der Waals surface area (Å²) in [6.45, 7) is 0. The van der Waals surface area contributed by atoms with Crippen LogP contribution < -0.4 is 0 Å². The van der Waals surface area contributed by atoms with Gasteiger partial charge in [0.25, 0.3) is 0 Å². The maximum atomic E-state index is 10.5. The molecule has 0 atom stereocenters. The van der Waals surface area contributed by atoms with Crippen LogP contribution >= 0.6 is 22.9 Å². The first-order valence-corrected chi connectivity index (χ1v) is 5.35. The van der Waals surface area contributed by atoms with Crippen LogP contribution in [0.25, 0.3) is 10.4 Å². The molecule has 1 aromatic heterocycles. The second-order valence-electron chi connectivity index (χ2n) is 2.83. The number of carbonyl (C=O) groups excluding carboxylic acids is 1. The maximum Gasteiger partial charge on any atom is 0.151 e. The van der Waals surface area contributed by atoms with E-state index in [4.69, 9.17) is 11.6 Å². The first kappa shape index (κ1) is 9.44. The Kier molecular flexibility index (Phi) is 2.66. The Bertz CT molecular complexity index is 448. The third-order valence-electron chi connectivity index (χ3n) is 1.93. The van der Waals surface area contributed by atoms with Gasteiger partial charge in [0.2, 0.25) is 0 Å². The number of carbonyl (C=O) groups is 1. The minimum Gasteiger partial charge on any atom is -0.298 e. The molecular formula is C11H7ClOS. The lowest BCUT2D eigenvalue weighted by molar-refractivity contribution is 0.112. The van der Waals surface area contributed by atoms with E-state index in [-0.39, 0.29) is 0 Å². The maximum absolute atomic E-state index is 10.5. The fourth-order valence-corrected chi connectivity index (χ4v) is 2.17. The monoisotopic (exact) mass is 222 g/mol. The molecule has 2 aromatic rings. The molecule has 70 valence electrons. The van der Waals surface area contributed by atoms with Crippen LogP contribution in [0.15, 0.2) is 35.7 Å². The zero-order valence-corrected chi connectivity index (χ0v) is 8.81. The normalized spacial score (nSPS) is 10.1. The number of hydrogen-bond acceptors (Lipinski definition) is 2. The van der Waals surface area contributed by atoms with Gasteiger partial charge in [-0.25, -0.2) is 0 Å². The van der Waals surface area contributed by atoms with E-state index in [9.17, 15) is 4.79 Å². The predicted octanol–water partition coefficient (Wildman–Crippen LogP) is 3.88. The van der Waals surface area contributed by atoms with Crippen molar-refractivity contribution < 1.29 is 4.79 Å². The lowest BCUT2D eigenvalue weighted by atomic mass is 10.1. The van der Waals surface area contributed by atoms with E-state index in [1.165, 1.54) is 0 Å². The van der Waals surface area contributed by atoms with Crippen LogP contribution in [-0.2, 0) is 0 Å². The summed E-state index contributed by atoms with van der Waals surface area (Å²) >= 11 is 7.57. The van der Waals surface area contributed by atoms with E-state index in [1.54, 1.807) is 17.4 Å². The average molecular weight is 223 g/mol. The smallest absolute Gasteiger partial charge is 0.151 e. The lowest BCUT2D eigenvalue weighted by Crippen LogP contribution is -1.82. The van der Waals surface area contributed by atoms with Gasteiger partial charge in [0.15, 0.2) is 6.29 Å². The highest BCUT2D eigenvalue weighted by molar-refractivity contribution is 7.13. The van der Waals surface area contributed by atoms with Crippen molar-refractivity contribution in [2.45, 2.75) is 0 Å². The summed E-state index contributed by atoms with van der Waals surface area (Å²) in [4.78, 5) is 11.7. The summed E-state index contributed by atoms with van der Waals surface area (Å²) in [6, 6.07) is 9.47. The van der Waals surface area contributed by atoms with E-state index >= 15 is 0 Å². The van der Waals surface area contributed by atoms with Crippen LogP contribution in [0.5, 0.6) is 0 Å². The van der Waals surface area contributed by atoms with E-state index in [0.717, 1.165) is 16.7 Å². The summed E-state index contributed by atoms with van der Waals surface area (Å²) in [5.74, 6) is 0. The first-order valence-electron chi connectivity index (χ1n) is 4.10. The molecule has 0 N–H and O–H groups in total. The van der Waals surface area contributed by atoms with Crippen LogP contribution in [-0.4, -0.2) is 6.29 Å². The summed E-state index contributed by atoms with van der Waals surface area (Å²) in [5.41, 5.74) is 1.59. The molecule has 1 nitrogen and oxygen atoms in total. The molecule has 0 bridgehead atoms. The number of benzene rings is 1. The van der Waals surface area contributed by atoms with E-state index in [1.807, 2.05) is 29.6 Å². The molecule has 1 aromatic carbocycles. The number of halogens is 1. The van der Waals surface area contributed by atoms with Gasteiger partial charge in [0.1, 0.15) is 0 Å². The molecular weight excluding hydrogens is 216 g/mol. The molecule has 0 amide bonds. The summed E-state index contributed by atoms with van der Waals surface area (Å²) < 4.78 is 0. The lowest BCUT2D eigenvalue weighted by Gasteiger charge is -2.00. The molecule has 2 rings (SSSR count). The highest BCUT2D eigenvalue weighted by Gasteiger charge is 2.02. The summed E-state index contributed by atoms with van der Waals surface area (Å²) in [6.07, 6.45) is 0.764.